The van der Waals surface area contributed by atoms with Crippen molar-refractivity contribution >= 4 is 0 Å². The van der Waals surface area contributed by atoms with E-state index in [9.17, 15) is 0 Å². The molecule has 2 fully saturated rings. The van der Waals surface area contributed by atoms with Crippen LogP contribution in [0.5, 0.6) is 0 Å². The van der Waals surface area contributed by atoms with Crippen molar-refractivity contribution in [3.05, 3.63) is 0 Å². The Morgan fingerprint density at radius 2 is 1.85 bits per heavy atom. The molecule has 1 atom stereocenters. The van der Waals surface area contributed by atoms with Crippen LogP contribution in [0.4, 0.5) is 0 Å². The van der Waals surface area contributed by atoms with Gasteiger partial charge in [-0.15, -0.1) is 0 Å². The molecule has 2 rings (SSSR count). The van der Waals surface area contributed by atoms with Crippen molar-refractivity contribution in [2.45, 2.75) is 45.6 Å². The molecule has 13 heavy (non-hydrogen) atoms. The zero-order valence-electron chi connectivity index (χ0n) is 7.89. The summed E-state index contributed by atoms with van der Waals surface area (Å²) in [7, 11) is 0. The third-order valence-electron chi connectivity index (χ3n) is 3.09. The lowest BCUT2D eigenvalue weighted by atomic mass is 10.1. The van der Waals surface area contributed by atoms with Crippen LogP contribution in [0.25, 0.3) is 0 Å². The second-order valence-electron chi connectivity index (χ2n) is 4.15. The quantitative estimate of drug-likeness (QED) is 0.704. The number of nitrogens with one attached hydrogen (secondary N) is 1. The molecule has 0 aliphatic carbocycles. The molecule has 2 aliphatic rings. The van der Waals surface area contributed by atoms with Crippen LogP contribution in [0, 0.1) is 0 Å². The van der Waals surface area contributed by atoms with E-state index in [1.165, 1.54) is 58.3 Å². The van der Waals surface area contributed by atoms with Crippen LogP contribution in [0.1, 0.15) is 39.5 Å². The minimum atomic E-state index is 0. The molecular formula is C11H24N2. The van der Waals surface area contributed by atoms with Crippen LogP contribution in [0.2, 0.25) is 0 Å². The van der Waals surface area contributed by atoms with E-state index in [1.807, 2.05) is 0 Å². The molecule has 0 bridgehead atoms. The van der Waals surface area contributed by atoms with Gasteiger partial charge in [0.05, 0.1) is 0 Å². The molecule has 2 heteroatoms. The van der Waals surface area contributed by atoms with Crippen molar-refractivity contribution in [3.63, 3.8) is 0 Å². The number of hydrogen-bond acceptors (Lipinski definition) is 2. The maximum absolute atomic E-state index is 3.56. The van der Waals surface area contributed by atoms with Gasteiger partial charge in [0.15, 0.2) is 0 Å². The van der Waals surface area contributed by atoms with Gasteiger partial charge >= 0.3 is 0 Å². The Morgan fingerprint density at radius 3 is 2.46 bits per heavy atom. The van der Waals surface area contributed by atoms with Gasteiger partial charge in [-0.1, -0.05) is 13.8 Å². The Bertz CT molecular complexity index is 124. The lowest BCUT2D eigenvalue weighted by Crippen LogP contribution is -2.40. The van der Waals surface area contributed by atoms with Crippen LogP contribution in [0.3, 0.4) is 0 Å². The molecule has 0 amide bonds. The Balaban J connectivity index is 0.000000845. The average molecular weight is 184 g/mol. The molecule has 0 radical (unpaired) electrons. The fraction of sp³-hybridized carbons (Fsp3) is 1.00. The van der Waals surface area contributed by atoms with Gasteiger partial charge in [-0.05, 0) is 45.3 Å². The number of nitrogens with zero attached hydrogens (tertiary/aromatic N) is 1. The highest BCUT2D eigenvalue weighted by Gasteiger charge is 2.18. The van der Waals surface area contributed by atoms with E-state index in [4.69, 9.17) is 0 Å². The average Bonchev–Trinajstić information content (AvgIpc) is 2.59. The first-order valence-corrected chi connectivity index (χ1v) is 5.41. The van der Waals surface area contributed by atoms with Gasteiger partial charge in [-0.25, -0.2) is 0 Å². The highest BCUT2D eigenvalue weighted by Crippen LogP contribution is 2.12. The summed E-state index contributed by atoms with van der Waals surface area (Å²) in [4.78, 5) is 2.63. The maximum Gasteiger partial charge on any atom is 0.0195 e. The van der Waals surface area contributed by atoms with Crippen molar-refractivity contribution in [3.8, 4) is 0 Å². The van der Waals surface area contributed by atoms with Gasteiger partial charge in [-0.3, -0.25) is 0 Å². The fourth-order valence-corrected chi connectivity index (χ4v) is 2.37. The summed E-state index contributed by atoms with van der Waals surface area (Å²) in [6.45, 7) is 5.24. The van der Waals surface area contributed by atoms with Crippen molar-refractivity contribution in [2.75, 3.05) is 26.2 Å². The standard InChI is InChI=1S/C10H20N2.CH4/c1-2-7-12(8-3-1)9-10-5-4-6-11-10;/h10-11H,1-9H2;1H4. The fourth-order valence-electron chi connectivity index (χ4n) is 2.37. The van der Waals surface area contributed by atoms with Crippen molar-refractivity contribution in [1.29, 1.82) is 0 Å². The van der Waals surface area contributed by atoms with E-state index >= 15 is 0 Å². The molecule has 78 valence electrons. The second kappa shape index (κ2) is 5.61. The molecule has 0 aromatic rings. The molecule has 2 saturated heterocycles. The second-order valence-corrected chi connectivity index (χ2v) is 4.15. The van der Waals surface area contributed by atoms with Crippen LogP contribution in [0.15, 0.2) is 0 Å². The van der Waals surface area contributed by atoms with Gasteiger partial charge < -0.3 is 10.2 Å². The molecular weight excluding hydrogens is 160 g/mol. The molecule has 1 unspecified atom stereocenters. The highest BCUT2D eigenvalue weighted by atomic mass is 15.2. The van der Waals surface area contributed by atoms with Gasteiger partial charge in [0.2, 0.25) is 0 Å². The minimum Gasteiger partial charge on any atom is -0.313 e. The topological polar surface area (TPSA) is 15.3 Å². The van der Waals surface area contributed by atoms with E-state index in [1.54, 1.807) is 0 Å². The van der Waals surface area contributed by atoms with Crippen molar-refractivity contribution in [1.82, 2.24) is 10.2 Å². The Kier molecular flexibility index (Phi) is 4.74. The lowest BCUT2D eigenvalue weighted by molar-refractivity contribution is 0.210. The van der Waals surface area contributed by atoms with Crippen LogP contribution in [-0.2, 0) is 0 Å². The van der Waals surface area contributed by atoms with Crippen LogP contribution in [-0.4, -0.2) is 37.1 Å². The zero-order chi connectivity index (χ0) is 8.23. The molecule has 0 spiro atoms. The van der Waals surface area contributed by atoms with Gasteiger partial charge in [0.25, 0.3) is 0 Å². The van der Waals surface area contributed by atoms with E-state index in [-0.39, 0.29) is 7.43 Å². The van der Waals surface area contributed by atoms with Crippen molar-refractivity contribution < 1.29 is 0 Å². The summed E-state index contributed by atoms with van der Waals surface area (Å²) in [6, 6.07) is 0.808. The smallest absolute Gasteiger partial charge is 0.0195 e. The van der Waals surface area contributed by atoms with E-state index in [2.05, 4.69) is 10.2 Å². The number of rotatable bonds is 2. The summed E-state index contributed by atoms with van der Waals surface area (Å²) in [5, 5.41) is 3.56. The largest absolute Gasteiger partial charge is 0.313 e. The molecule has 1 N–H and O–H groups in total. The Labute approximate surface area is 82.7 Å². The molecule has 2 heterocycles. The first kappa shape index (κ1) is 11.0. The Hall–Kier alpha value is -0.0800. The van der Waals surface area contributed by atoms with Crippen molar-refractivity contribution in [2.24, 2.45) is 0 Å². The monoisotopic (exact) mass is 184 g/mol. The van der Waals surface area contributed by atoms with E-state index in [0.717, 1.165) is 6.04 Å². The first-order chi connectivity index (χ1) is 5.95. The zero-order valence-corrected chi connectivity index (χ0v) is 7.89. The number of piperidine rings is 1. The molecule has 0 aromatic heterocycles. The van der Waals surface area contributed by atoms with E-state index in [0.29, 0.717) is 0 Å². The van der Waals surface area contributed by atoms with Crippen LogP contribution >= 0.6 is 0 Å². The Morgan fingerprint density at radius 1 is 1.08 bits per heavy atom. The molecule has 0 saturated carbocycles. The normalized spacial score (nSPS) is 30.0. The molecule has 2 aliphatic heterocycles. The number of hydrogen-bond donors (Lipinski definition) is 1. The van der Waals surface area contributed by atoms with Crippen LogP contribution < -0.4 is 5.32 Å². The maximum atomic E-state index is 3.56. The van der Waals surface area contributed by atoms with Gasteiger partial charge in [0.1, 0.15) is 0 Å². The number of likely N-dealkylation sites (tertiary alicyclic amines) is 1. The summed E-state index contributed by atoms with van der Waals surface area (Å²) in [6.07, 6.45) is 7.09. The summed E-state index contributed by atoms with van der Waals surface area (Å²) < 4.78 is 0. The predicted octanol–water partition coefficient (Wildman–Crippen LogP) is 1.86. The third-order valence-corrected chi connectivity index (χ3v) is 3.09. The third kappa shape index (κ3) is 3.28. The summed E-state index contributed by atoms with van der Waals surface area (Å²) in [5.41, 5.74) is 0. The summed E-state index contributed by atoms with van der Waals surface area (Å²) in [5.74, 6) is 0. The van der Waals surface area contributed by atoms with E-state index < -0.39 is 0 Å². The predicted molar refractivity (Wildman–Crippen MR) is 58.0 cm³/mol. The molecule has 2 nitrogen and oxygen atoms in total. The first-order valence-electron chi connectivity index (χ1n) is 5.41. The lowest BCUT2D eigenvalue weighted by Gasteiger charge is -2.28. The minimum absolute atomic E-state index is 0. The molecule has 0 aromatic carbocycles. The van der Waals surface area contributed by atoms with Gasteiger partial charge in [-0.2, -0.15) is 0 Å². The van der Waals surface area contributed by atoms with Gasteiger partial charge in [0, 0.05) is 12.6 Å². The highest BCUT2D eigenvalue weighted by molar-refractivity contribution is 4.78. The SMILES string of the molecule is C.C1CCN(CC2CCCN2)CC1. The summed E-state index contributed by atoms with van der Waals surface area (Å²) >= 11 is 0.